The van der Waals surface area contributed by atoms with Crippen LogP contribution < -0.4 is 5.56 Å². The summed E-state index contributed by atoms with van der Waals surface area (Å²) in [7, 11) is -7.63. The number of fused-ring (bicyclic) bond motifs is 1. The van der Waals surface area contributed by atoms with Crippen molar-refractivity contribution in [2.45, 2.75) is 54.9 Å². The van der Waals surface area contributed by atoms with Crippen LogP contribution in [-0.4, -0.2) is 76.6 Å². The quantitative estimate of drug-likeness (QED) is 0.322. The molecule has 2 aliphatic rings. The Balaban J connectivity index is 1.22. The van der Waals surface area contributed by atoms with E-state index >= 15 is 0 Å². The molecule has 12 nitrogen and oxygen atoms in total. The third-order valence-corrected chi connectivity index (χ3v) is 12.3. The molecule has 15 heteroatoms. The van der Waals surface area contributed by atoms with Gasteiger partial charge in [0.2, 0.25) is 20.0 Å². The fraction of sp³-hybridized carbons (Fsp3) is 0.429. The van der Waals surface area contributed by atoms with Crippen LogP contribution in [0.25, 0.3) is 11.2 Å². The predicted octanol–water partition coefficient (Wildman–Crippen LogP) is 3.21. The molecule has 2 fully saturated rings. The number of hydrogen-bond acceptors (Lipinski definition) is 8. The van der Waals surface area contributed by atoms with Crippen molar-refractivity contribution in [3.05, 3.63) is 75.3 Å². The van der Waals surface area contributed by atoms with Crippen LogP contribution in [0, 0.1) is 5.92 Å². The van der Waals surface area contributed by atoms with Crippen molar-refractivity contribution in [1.82, 2.24) is 33.6 Å². The van der Waals surface area contributed by atoms with Gasteiger partial charge in [-0.1, -0.05) is 35.9 Å². The molecule has 2 aromatic heterocycles. The number of sulfonamides is 2. The van der Waals surface area contributed by atoms with Crippen LogP contribution in [0.3, 0.4) is 0 Å². The van der Waals surface area contributed by atoms with Crippen molar-refractivity contribution in [2.24, 2.45) is 5.92 Å². The zero-order valence-corrected chi connectivity index (χ0v) is 25.9. The van der Waals surface area contributed by atoms with Gasteiger partial charge >= 0.3 is 0 Å². The van der Waals surface area contributed by atoms with E-state index in [1.807, 2.05) is 12.1 Å². The number of nitrogens with zero attached hydrogens (tertiary/aromatic N) is 6. The van der Waals surface area contributed by atoms with Crippen LogP contribution in [0.15, 0.2) is 63.1 Å². The van der Waals surface area contributed by atoms with Gasteiger partial charge in [0, 0.05) is 37.1 Å². The molecule has 0 bridgehead atoms. The van der Waals surface area contributed by atoms with Gasteiger partial charge in [0.05, 0.1) is 16.3 Å². The zero-order chi connectivity index (χ0) is 30.4. The molecule has 228 valence electrons. The standard InChI is InChI=1S/C28H32ClN7O5S2/c1-19-11-14-34(15-12-19)42(38,39)23-7-9-24(10-8-23)43(40,41)35-13-3-5-21(18-35)26-30-27-25(28(37)31-26)32-33-36(27)17-20-4-2-6-22(29)16-20/h2,4,6-10,16,19,21H,3,5,11-15,17-18H2,1H3,(H,30,31,37)/t21-/m1/s1. The van der Waals surface area contributed by atoms with Crippen molar-refractivity contribution < 1.29 is 16.8 Å². The number of benzene rings is 2. The lowest BCUT2D eigenvalue weighted by Gasteiger charge is -2.31. The maximum absolute atomic E-state index is 13.6. The third-order valence-electron chi connectivity index (χ3n) is 8.23. The van der Waals surface area contributed by atoms with Crippen molar-refractivity contribution >= 4 is 42.8 Å². The van der Waals surface area contributed by atoms with E-state index in [4.69, 9.17) is 11.6 Å². The van der Waals surface area contributed by atoms with Crippen molar-refractivity contribution in [3.8, 4) is 0 Å². The van der Waals surface area contributed by atoms with Gasteiger partial charge in [-0.15, -0.1) is 5.10 Å². The van der Waals surface area contributed by atoms with E-state index in [1.54, 1.807) is 12.1 Å². The number of halogens is 1. The maximum Gasteiger partial charge on any atom is 0.281 e. The highest BCUT2D eigenvalue weighted by Crippen LogP contribution is 2.30. The minimum atomic E-state index is -3.93. The first-order chi connectivity index (χ1) is 20.5. The van der Waals surface area contributed by atoms with Gasteiger partial charge in [0.15, 0.2) is 11.2 Å². The molecule has 0 unspecified atom stereocenters. The van der Waals surface area contributed by atoms with Gasteiger partial charge in [-0.3, -0.25) is 4.79 Å². The number of rotatable bonds is 7. The highest BCUT2D eigenvalue weighted by molar-refractivity contribution is 7.89. The summed E-state index contributed by atoms with van der Waals surface area (Å²) in [6, 6.07) is 12.7. The minimum Gasteiger partial charge on any atom is -0.308 e. The Morgan fingerprint density at radius 1 is 0.930 bits per heavy atom. The van der Waals surface area contributed by atoms with E-state index < -0.39 is 25.6 Å². The topological polar surface area (TPSA) is 151 Å². The average molecular weight is 646 g/mol. The summed E-state index contributed by atoms with van der Waals surface area (Å²) in [5.74, 6) is 0.482. The molecule has 6 rings (SSSR count). The van der Waals surface area contributed by atoms with Gasteiger partial charge in [-0.2, -0.15) is 8.61 Å². The Hall–Kier alpha value is -3.17. The van der Waals surface area contributed by atoms with E-state index in [0.717, 1.165) is 18.4 Å². The molecule has 0 radical (unpaired) electrons. The van der Waals surface area contributed by atoms with Crippen molar-refractivity contribution in [1.29, 1.82) is 0 Å². The molecule has 1 atom stereocenters. The largest absolute Gasteiger partial charge is 0.308 e. The van der Waals surface area contributed by atoms with E-state index in [0.29, 0.717) is 61.4 Å². The monoisotopic (exact) mass is 645 g/mol. The molecule has 4 heterocycles. The summed E-state index contributed by atoms with van der Waals surface area (Å²) in [4.78, 5) is 20.4. The van der Waals surface area contributed by atoms with Gasteiger partial charge in [0.25, 0.3) is 5.56 Å². The smallest absolute Gasteiger partial charge is 0.281 e. The van der Waals surface area contributed by atoms with Crippen molar-refractivity contribution in [3.63, 3.8) is 0 Å². The Bertz CT molecular complexity index is 1920. The molecular weight excluding hydrogens is 614 g/mol. The molecule has 2 aliphatic heterocycles. The Morgan fingerprint density at radius 3 is 2.28 bits per heavy atom. The molecular formula is C28H32ClN7O5S2. The molecule has 0 spiro atoms. The van der Waals surface area contributed by atoms with Gasteiger partial charge in [-0.05, 0) is 73.6 Å². The molecule has 0 aliphatic carbocycles. The van der Waals surface area contributed by atoms with Crippen LogP contribution in [0.4, 0.5) is 0 Å². The first-order valence-electron chi connectivity index (χ1n) is 14.2. The average Bonchev–Trinajstić information content (AvgIpc) is 3.40. The highest BCUT2D eigenvalue weighted by Gasteiger charge is 2.33. The Labute approximate surface area is 254 Å². The molecule has 2 aromatic carbocycles. The summed E-state index contributed by atoms with van der Waals surface area (Å²) in [5, 5.41) is 8.68. The molecule has 2 saturated heterocycles. The number of H-pyrrole nitrogens is 1. The van der Waals surface area contributed by atoms with Crippen molar-refractivity contribution in [2.75, 3.05) is 26.2 Å². The van der Waals surface area contributed by atoms with Crippen LogP contribution in [-0.2, 0) is 26.6 Å². The minimum absolute atomic E-state index is 0.0140. The van der Waals surface area contributed by atoms with Gasteiger partial charge in [-0.25, -0.2) is 26.5 Å². The zero-order valence-electron chi connectivity index (χ0n) is 23.6. The lowest BCUT2D eigenvalue weighted by molar-refractivity contribution is 0.288. The molecule has 43 heavy (non-hydrogen) atoms. The van der Waals surface area contributed by atoms with E-state index in [9.17, 15) is 21.6 Å². The third kappa shape index (κ3) is 5.98. The van der Waals surface area contributed by atoms with E-state index in [-0.39, 0.29) is 27.8 Å². The van der Waals surface area contributed by atoms with Crippen LogP contribution in [0.5, 0.6) is 0 Å². The number of aromatic amines is 1. The summed E-state index contributed by atoms with van der Waals surface area (Å²) < 4.78 is 57.8. The maximum atomic E-state index is 13.6. The fourth-order valence-electron chi connectivity index (χ4n) is 5.68. The molecule has 1 N–H and O–H groups in total. The van der Waals surface area contributed by atoms with Gasteiger partial charge < -0.3 is 4.98 Å². The highest BCUT2D eigenvalue weighted by atomic mass is 35.5. The normalized spacial score (nSPS) is 19.6. The second-order valence-corrected chi connectivity index (χ2v) is 15.6. The molecule has 0 amide bonds. The number of hydrogen-bond donors (Lipinski definition) is 1. The second-order valence-electron chi connectivity index (χ2n) is 11.3. The summed E-state index contributed by atoms with van der Waals surface area (Å²) in [5.41, 5.74) is 0.818. The lowest BCUT2D eigenvalue weighted by Crippen LogP contribution is -2.40. The Kier molecular flexibility index (Phi) is 8.15. The summed E-state index contributed by atoms with van der Waals surface area (Å²) in [6.45, 7) is 3.73. The van der Waals surface area contributed by atoms with E-state index in [2.05, 4.69) is 27.2 Å². The van der Waals surface area contributed by atoms with Gasteiger partial charge in [0.1, 0.15) is 5.82 Å². The SMILES string of the molecule is CC1CCN(S(=O)(=O)c2ccc(S(=O)(=O)N3CCC[C@@H](c4nc5c(nnn5Cc5cccc(Cl)c5)c(=O)[nH]4)C3)cc2)CC1. The van der Waals surface area contributed by atoms with E-state index in [1.165, 1.54) is 37.6 Å². The summed E-state index contributed by atoms with van der Waals surface area (Å²) in [6.07, 6.45) is 2.79. The lowest BCUT2D eigenvalue weighted by atomic mass is 9.99. The predicted molar refractivity (Wildman–Crippen MR) is 161 cm³/mol. The number of piperidine rings is 2. The first-order valence-corrected chi connectivity index (χ1v) is 17.5. The number of aromatic nitrogens is 5. The second kappa shape index (κ2) is 11.7. The molecule has 0 saturated carbocycles. The summed E-state index contributed by atoms with van der Waals surface area (Å²) >= 11 is 6.12. The fourth-order valence-corrected chi connectivity index (χ4v) is 8.89. The number of nitrogens with one attached hydrogen (secondary N) is 1. The first kappa shape index (κ1) is 29.9. The van der Waals surface area contributed by atoms with Crippen LogP contribution in [0.2, 0.25) is 5.02 Å². The van der Waals surface area contributed by atoms with Crippen LogP contribution >= 0.6 is 11.6 Å². The van der Waals surface area contributed by atoms with Crippen LogP contribution in [0.1, 0.15) is 49.9 Å². The molecule has 4 aromatic rings. The Morgan fingerprint density at radius 2 is 1.60 bits per heavy atom.